The molecule has 0 spiro atoms. The maximum atomic E-state index is 12.7. The Labute approximate surface area is 167 Å². The van der Waals surface area contributed by atoms with Gasteiger partial charge in [0.25, 0.3) is 0 Å². The van der Waals surface area contributed by atoms with Crippen LogP contribution in [0.4, 0.5) is 0 Å². The highest BCUT2D eigenvalue weighted by molar-refractivity contribution is 5.94. The monoisotopic (exact) mass is 397 g/mol. The van der Waals surface area contributed by atoms with Gasteiger partial charge >= 0.3 is 5.97 Å². The first kappa shape index (κ1) is 20.3. The first-order chi connectivity index (χ1) is 14.0. The molecule has 0 aliphatic carbocycles. The van der Waals surface area contributed by atoms with Gasteiger partial charge in [-0.25, -0.2) is 4.79 Å². The highest BCUT2D eigenvalue weighted by Crippen LogP contribution is 2.40. The molecule has 0 saturated heterocycles. The molecule has 0 saturated carbocycles. The van der Waals surface area contributed by atoms with E-state index in [1.54, 1.807) is 13.8 Å². The predicted molar refractivity (Wildman–Crippen MR) is 110 cm³/mol. The highest BCUT2D eigenvalue weighted by atomic mass is 16.6. The number of aromatic nitrogens is 1. The van der Waals surface area contributed by atoms with Gasteiger partial charge in [-0.15, -0.1) is 0 Å². The van der Waals surface area contributed by atoms with E-state index in [0.29, 0.717) is 12.1 Å². The minimum absolute atomic E-state index is 0.0815. The van der Waals surface area contributed by atoms with Crippen LogP contribution in [0.15, 0.2) is 47.3 Å². The third-order valence-electron chi connectivity index (χ3n) is 4.48. The summed E-state index contributed by atoms with van der Waals surface area (Å²) < 4.78 is 16.3. The van der Waals surface area contributed by atoms with E-state index < -0.39 is 12.1 Å². The van der Waals surface area contributed by atoms with Gasteiger partial charge in [0.1, 0.15) is 11.3 Å². The maximum absolute atomic E-state index is 12.7. The fraction of sp³-hybridized carbons (Fsp3) is 0.273. The minimum Gasteiger partial charge on any atom is -0.507 e. The summed E-state index contributed by atoms with van der Waals surface area (Å²) in [5.74, 6) is -0.424. The third-order valence-corrected chi connectivity index (χ3v) is 4.48. The normalized spacial score (nSPS) is 11.8. The lowest BCUT2D eigenvalue weighted by atomic mass is 10.1. The van der Waals surface area contributed by atoms with Gasteiger partial charge in [-0.2, -0.15) is 0 Å². The smallest absolute Gasteiger partial charge is 0.347 e. The van der Waals surface area contributed by atoms with Crippen molar-refractivity contribution in [2.75, 3.05) is 13.7 Å². The molecule has 1 heterocycles. The first-order valence-electron chi connectivity index (χ1n) is 9.35. The number of benzene rings is 2. The van der Waals surface area contributed by atoms with Crippen molar-refractivity contribution in [2.45, 2.75) is 26.4 Å². The lowest BCUT2D eigenvalue weighted by molar-refractivity contribution is -0.151. The van der Waals surface area contributed by atoms with Crippen molar-refractivity contribution in [3.05, 3.63) is 52.7 Å². The maximum Gasteiger partial charge on any atom is 0.347 e. The summed E-state index contributed by atoms with van der Waals surface area (Å²) in [6.07, 6.45) is -0.508. The van der Waals surface area contributed by atoms with E-state index >= 15 is 0 Å². The van der Waals surface area contributed by atoms with E-state index in [-0.39, 0.29) is 40.2 Å². The fourth-order valence-corrected chi connectivity index (χ4v) is 3.12. The molecule has 152 valence electrons. The molecular formula is C22H23NO6. The summed E-state index contributed by atoms with van der Waals surface area (Å²) in [5.41, 5.74) is 1.29. The van der Waals surface area contributed by atoms with Crippen LogP contribution in [0.5, 0.6) is 17.2 Å². The number of esters is 1. The lowest BCUT2D eigenvalue weighted by Gasteiger charge is -2.19. The first-order valence-corrected chi connectivity index (χ1v) is 9.35. The van der Waals surface area contributed by atoms with Gasteiger partial charge in [0.05, 0.1) is 19.1 Å². The second-order valence-electron chi connectivity index (χ2n) is 6.36. The molecule has 1 aromatic heterocycles. The Hall–Kier alpha value is -3.48. The van der Waals surface area contributed by atoms with E-state index in [0.717, 1.165) is 5.56 Å². The molecule has 0 aliphatic heterocycles. The molecule has 0 aliphatic rings. The number of methoxy groups -OCH3 is 1. The number of aromatic hydroxyl groups is 1. The molecule has 3 rings (SSSR count). The average Bonchev–Trinajstić information content (AvgIpc) is 2.72. The number of carbonyl (C=O) groups is 1. The average molecular weight is 397 g/mol. The number of rotatable bonds is 7. The van der Waals surface area contributed by atoms with Gasteiger partial charge in [0.2, 0.25) is 0 Å². The molecule has 2 N–H and O–H groups in total. The molecule has 0 amide bonds. The number of phenols is 1. The fourth-order valence-electron chi connectivity index (χ4n) is 3.12. The SMILES string of the molecule is CCOC(=O)C(CC)Oc1cc(O)c2c(=O)cc(-c3ccccc3)[nH]c2c1OC. The largest absolute Gasteiger partial charge is 0.507 e. The Balaban J connectivity index is 2.17. The molecule has 0 radical (unpaired) electrons. The van der Waals surface area contributed by atoms with Gasteiger partial charge in [-0.05, 0) is 18.9 Å². The van der Waals surface area contributed by atoms with Crippen LogP contribution >= 0.6 is 0 Å². The number of carbonyl (C=O) groups excluding carboxylic acids is 1. The Bertz CT molecular complexity index is 1070. The Morgan fingerprint density at radius 3 is 2.52 bits per heavy atom. The third kappa shape index (κ3) is 4.03. The molecule has 29 heavy (non-hydrogen) atoms. The van der Waals surface area contributed by atoms with E-state index in [4.69, 9.17) is 14.2 Å². The van der Waals surface area contributed by atoms with Crippen LogP contribution in [0.25, 0.3) is 22.2 Å². The molecule has 7 nitrogen and oxygen atoms in total. The van der Waals surface area contributed by atoms with Crippen molar-refractivity contribution >= 4 is 16.9 Å². The van der Waals surface area contributed by atoms with E-state index in [2.05, 4.69) is 4.98 Å². The van der Waals surface area contributed by atoms with Crippen molar-refractivity contribution in [1.82, 2.24) is 4.98 Å². The van der Waals surface area contributed by atoms with Crippen molar-refractivity contribution < 1.29 is 24.1 Å². The quantitative estimate of drug-likeness (QED) is 0.591. The molecule has 1 unspecified atom stereocenters. The number of fused-ring (bicyclic) bond motifs is 1. The number of ether oxygens (including phenoxy) is 3. The summed E-state index contributed by atoms with van der Waals surface area (Å²) in [4.78, 5) is 28.0. The zero-order chi connectivity index (χ0) is 21.0. The lowest BCUT2D eigenvalue weighted by Crippen LogP contribution is -2.28. The Kier molecular flexibility index (Phi) is 6.07. The zero-order valence-electron chi connectivity index (χ0n) is 16.5. The van der Waals surface area contributed by atoms with Gasteiger partial charge < -0.3 is 24.3 Å². The van der Waals surface area contributed by atoms with Crippen LogP contribution in [-0.2, 0) is 9.53 Å². The summed E-state index contributed by atoms with van der Waals surface area (Å²) in [5, 5.41) is 10.6. The highest BCUT2D eigenvalue weighted by Gasteiger charge is 2.24. The summed E-state index contributed by atoms with van der Waals surface area (Å²) in [6.45, 7) is 3.72. The predicted octanol–water partition coefficient (Wildman–Crippen LogP) is 3.63. The zero-order valence-corrected chi connectivity index (χ0v) is 16.5. The van der Waals surface area contributed by atoms with Crippen molar-refractivity contribution in [3.8, 4) is 28.5 Å². The second-order valence-corrected chi connectivity index (χ2v) is 6.36. The van der Waals surface area contributed by atoms with E-state index in [1.165, 1.54) is 19.2 Å². The van der Waals surface area contributed by atoms with Crippen LogP contribution in [0.2, 0.25) is 0 Å². The minimum atomic E-state index is -0.871. The van der Waals surface area contributed by atoms with E-state index in [9.17, 15) is 14.7 Å². The summed E-state index contributed by atoms with van der Waals surface area (Å²) in [6, 6.07) is 12.0. The molecule has 2 aromatic carbocycles. The van der Waals surface area contributed by atoms with Gasteiger partial charge in [0.15, 0.2) is 23.0 Å². The van der Waals surface area contributed by atoms with Crippen LogP contribution in [0.3, 0.4) is 0 Å². The number of pyridine rings is 1. The number of phenolic OH excluding ortho intramolecular Hbond substituents is 1. The Morgan fingerprint density at radius 1 is 1.17 bits per heavy atom. The number of nitrogens with one attached hydrogen (secondary N) is 1. The van der Waals surface area contributed by atoms with Crippen LogP contribution in [-0.4, -0.2) is 35.9 Å². The van der Waals surface area contributed by atoms with Gasteiger partial charge in [-0.3, -0.25) is 4.79 Å². The molecule has 7 heteroatoms. The van der Waals surface area contributed by atoms with Gasteiger partial charge in [0, 0.05) is 17.8 Å². The number of hydrogen-bond donors (Lipinski definition) is 2. The molecule has 1 atom stereocenters. The topological polar surface area (TPSA) is 97.9 Å². The van der Waals surface area contributed by atoms with Crippen molar-refractivity contribution in [1.29, 1.82) is 0 Å². The number of hydrogen-bond acceptors (Lipinski definition) is 6. The van der Waals surface area contributed by atoms with Crippen molar-refractivity contribution in [2.24, 2.45) is 0 Å². The Morgan fingerprint density at radius 2 is 1.90 bits per heavy atom. The second kappa shape index (κ2) is 8.68. The van der Waals surface area contributed by atoms with Crippen LogP contribution < -0.4 is 14.9 Å². The number of aromatic amines is 1. The molecule has 0 bridgehead atoms. The summed E-state index contributed by atoms with van der Waals surface area (Å²) in [7, 11) is 1.43. The number of H-pyrrole nitrogens is 1. The van der Waals surface area contributed by atoms with Gasteiger partial charge in [-0.1, -0.05) is 37.3 Å². The molecular weight excluding hydrogens is 374 g/mol. The molecule has 0 fully saturated rings. The van der Waals surface area contributed by atoms with Crippen LogP contribution in [0, 0.1) is 0 Å². The van der Waals surface area contributed by atoms with Crippen molar-refractivity contribution in [3.63, 3.8) is 0 Å². The molecule has 3 aromatic rings. The standard InChI is InChI=1S/C22H23NO6/c1-4-17(22(26)28-5-2)29-18-12-16(25)19-15(24)11-14(13-9-7-6-8-10-13)23-20(19)21(18)27-3/h6-12,17,25H,4-5H2,1-3H3,(H,23,24). The summed E-state index contributed by atoms with van der Waals surface area (Å²) >= 11 is 0. The van der Waals surface area contributed by atoms with Crippen LogP contribution in [0.1, 0.15) is 20.3 Å². The van der Waals surface area contributed by atoms with E-state index in [1.807, 2.05) is 30.3 Å².